The Morgan fingerprint density at radius 3 is 3.13 bits per heavy atom. The molecule has 0 aromatic heterocycles. The predicted octanol–water partition coefficient (Wildman–Crippen LogP) is 2.89. The largest absolute Gasteiger partial charge is 0.419 e. The summed E-state index contributed by atoms with van der Waals surface area (Å²) in [6, 6.07) is 6.02. The van der Waals surface area contributed by atoms with Gasteiger partial charge in [0, 0.05) is 17.1 Å². The first-order valence-corrected chi connectivity index (χ1v) is 5.65. The van der Waals surface area contributed by atoms with Crippen molar-refractivity contribution in [2.24, 2.45) is 0 Å². The summed E-state index contributed by atoms with van der Waals surface area (Å²) < 4.78 is 5.20. The number of para-hydroxylation sites is 1. The van der Waals surface area contributed by atoms with E-state index in [2.05, 4.69) is 22.0 Å². The first kappa shape index (κ1) is 8.97. The summed E-state index contributed by atoms with van der Waals surface area (Å²) in [4.78, 5) is 15.0. The fourth-order valence-electron chi connectivity index (χ4n) is 2.12. The summed E-state index contributed by atoms with van der Waals surface area (Å²) >= 11 is 3.22. The molecule has 0 unspecified atom stereocenters. The van der Waals surface area contributed by atoms with Crippen LogP contribution in [0, 0.1) is 0 Å². The molecule has 1 aromatic rings. The molecule has 0 bridgehead atoms. The van der Waals surface area contributed by atoms with Gasteiger partial charge in [-0.2, -0.15) is 0 Å². The number of amides is 1. The Balaban J connectivity index is 2.29. The monoisotopic (exact) mass is 265 g/mol. The Labute approximate surface area is 95.5 Å². The van der Waals surface area contributed by atoms with Gasteiger partial charge in [0.1, 0.15) is 5.76 Å². The van der Waals surface area contributed by atoms with Crippen LogP contribution < -0.4 is 4.90 Å². The number of ether oxygens (including phenoxy) is 1. The Kier molecular flexibility index (Phi) is 1.85. The van der Waals surface area contributed by atoms with Gasteiger partial charge < -0.3 is 4.74 Å². The van der Waals surface area contributed by atoms with E-state index in [-0.39, 0.29) is 6.09 Å². The van der Waals surface area contributed by atoms with Gasteiger partial charge in [0.25, 0.3) is 0 Å². The van der Waals surface area contributed by atoms with E-state index in [1.807, 2.05) is 12.1 Å². The van der Waals surface area contributed by atoms with Gasteiger partial charge in [0.05, 0.1) is 5.69 Å². The highest BCUT2D eigenvalue weighted by Gasteiger charge is 2.34. The van der Waals surface area contributed by atoms with E-state index < -0.39 is 0 Å². The van der Waals surface area contributed by atoms with Gasteiger partial charge in [-0.25, -0.2) is 4.79 Å². The molecule has 1 amide bonds. The summed E-state index contributed by atoms with van der Waals surface area (Å²) in [6.07, 6.45) is 0.631. The molecule has 3 rings (SSSR count). The van der Waals surface area contributed by atoms with Crippen LogP contribution in [-0.4, -0.2) is 12.6 Å². The molecule has 0 radical (unpaired) electrons. The molecule has 3 nitrogen and oxygen atoms in total. The van der Waals surface area contributed by atoms with Crippen molar-refractivity contribution in [2.45, 2.75) is 6.42 Å². The van der Waals surface area contributed by atoms with Crippen LogP contribution in [0.25, 0.3) is 5.76 Å². The first-order chi connectivity index (χ1) is 7.31. The van der Waals surface area contributed by atoms with E-state index in [1.165, 1.54) is 5.56 Å². The Morgan fingerprint density at radius 2 is 2.33 bits per heavy atom. The van der Waals surface area contributed by atoms with Crippen molar-refractivity contribution in [2.75, 3.05) is 11.4 Å². The lowest BCUT2D eigenvalue weighted by Gasteiger charge is -2.26. The SMILES string of the molecule is O=C1O/C(=C/Br)c2cccc3c2N1CC3. The Bertz CT molecular complexity index is 481. The number of carbonyl (C=O) groups excluding carboxylic acids is 1. The molecule has 2 aliphatic heterocycles. The molecule has 0 saturated carbocycles. The molecule has 0 aliphatic carbocycles. The zero-order chi connectivity index (χ0) is 10.4. The van der Waals surface area contributed by atoms with Crippen molar-refractivity contribution in [1.82, 2.24) is 0 Å². The van der Waals surface area contributed by atoms with Crippen molar-refractivity contribution in [3.8, 4) is 0 Å². The number of benzene rings is 1. The molecule has 2 heterocycles. The number of carbonyl (C=O) groups is 1. The first-order valence-electron chi connectivity index (χ1n) is 4.73. The molecule has 0 N–H and O–H groups in total. The maximum atomic E-state index is 11.6. The van der Waals surface area contributed by atoms with E-state index in [0.29, 0.717) is 5.76 Å². The third kappa shape index (κ3) is 1.14. The number of hydrogen-bond donors (Lipinski definition) is 0. The van der Waals surface area contributed by atoms with Crippen LogP contribution in [0.15, 0.2) is 23.2 Å². The standard InChI is InChI=1S/C11H8BrNO2/c12-6-9-8-3-1-2-7-4-5-13(10(7)8)11(14)15-9/h1-3,6H,4-5H2/b9-6+. The average Bonchev–Trinajstić information content (AvgIpc) is 2.69. The summed E-state index contributed by atoms with van der Waals surface area (Å²) in [5.41, 5.74) is 3.22. The maximum absolute atomic E-state index is 11.6. The second-order valence-corrected chi connectivity index (χ2v) is 4.01. The Hall–Kier alpha value is -1.29. The minimum Gasteiger partial charge on any atom is -0.409 e. The van der Waals surface area contributed by atoms with Crippen LogP contribution in [0.4, 0.5) is 10.5 Å². The molecule has 0 fully saturated rings. The molecular weight excluding hydrogens is 258 g/mol. The lowest BCUT2D eigenvalue weighted by Crippen LogP contribution is -2.33. The highest BCUT2D eigenvalue weighted by Crippen LogP contribution is 2.40. The lowest BCUT2D eigenvalue weighted by molar-refractivity contribution is 0.198. The Morgan fingerprint density at radius 1 is 1.47 bits per heavy atom. The van der Waals surface area contributed by atoms with E-state index in [0.717, 1.165) is 24.2 Å². The summed E-state index contributed by atoms with van der Waals surface area (Å²) in [5, 5.41) is 0. The van der Waals surface area contributed by atoms with E-state index >= 15 is 0 Å². The van der Waals surface area contributed by atoms with Crippen LogP contribution in [0.5, 0.6) is 0 Å². The van der Waals surface area contributed by atoms with Gasteiger partial charge in [-0.1, -0.05) is 28.1 Å². The topological polar surface area (TPSA) is 29.5 Å². The highest BCUT2D eigenvalue weighted by molar-refractivity contribution is 9.11. The number of anilines is 1. The van der Waals surface area contributed by atoms with Gasteiger partial charge in [0.2, 0.25) is 0 Å². The summed E-state index contributed by atoms with van der Waals surface area (Å²) in [6.45, 7) is 0.723. The quantitative estimate of drug-likeness (QED) is 0.722. The highest BCUT2D eigenvalue weighted by atomic mass is 79.9. The average molecular weight is 266 g/mol. The van der Waals surface area contributed by atoms with Crippen LogP contribution in [0.1, 0.15) is 11.1 Å². The van der Waals surface area contributed by atoms with Crippen LogP contribution in [0.2, 0.25) is 0 Å². The molecule has 76 valence electrons. The van der Waals surface area contributed by atoms with Gasteiger partial charge in [-0.3, -0.25) is 4.90 Å². The fourth-order valence-corrected chi connectivity index (χ4v) is 2.46. The van der Waals surface area contributed by atoms with E-state index in [1.54, 1.807) is 9.89 Å². The molecule has 2 aliphatic rings. The van der Waals surface area contributed by atoms with Gasteiger partial charge in [0.15, 0.2) is 0 Å². The number of halogens is 1. The molecule has 1 aromatic carbocycles. The fraction of sp³-hybridized carbons (Fsp3) is 0.182. The van der Waals surface area contributed by atoms with Gasteiger partial charge >= 0.3 is 6.09 Å². The minimum atomic E-state index is -0.279. The second-order valence-electron chi connectivity index (χ2n) is 3.56. The number of nitrogens with zero attached hydrogens (tertiary/aromatic N) is 1. The zero-order valence-corrected chi connectivity index (χ0v) is 9.45. The molecule has 15 heavy (non-hydrogen) atoms. The van der Waals surface area contributed by atoms with Crippen molar-refractivity contribution in [3.63, 3.8) is 0 Å². The molecule has 0 atom stereocenters. The summed E-state index contributed by atoms with van der Waals surface area (Å²) in [5.74, 6) is 0.593. The second kappa shape index (κ2) is 3.10. The molecule has 0 spiro atoms. The number of hydrogen-bond acceptors (Lipinski definition) is 2. The molecule has 0 saturated heterocycles. The summed E-state index contributed by atoms with van der Waals surface area (Å²) in [7, 11) is 0. The molecule has 4 heteroatoms. The van der Waals surface area contributed by atoms with Gasteiger partial charge in [-0.15, -0.1) is 0 Å². The number of cyclic esters (lactones) is 1. The third-order valence-corrected chi connectivity index (χ3v) is 3.19. The van der Waals surface area contributed by atoms with Crippen LogP contribution in [-0.2, 0) is 11.2 Å². The number of rotatable bonds is 0. The van der Waals surface area contributed by atoms with Crippen molar-refractivity contribution >= 4 is 33.5 Å². The smallest absolute Gasteiger partial charge is 0.409 e. The maximum Gasteiger partial charge on any atom is 0.419 e. The van der Waals surface area contributed by atoms with Crippen LogP contribution >= 0.6 is 15.9 Å². The zero-order valence-electron chi connectivity index (χ0n) is 7.87. The normalized spacial score (nSPS) is 20.5. The lowest BCUT2D eigenvalue weighted by atomic mass is 10.1. The van der Waals surface area contributed by atoms with Crippen molar-refractivity contribution in [3.05, 3.63) is 34.3 Å². The van der Waals surface area contributed by atoms with Gasteiger partial charge in [-0.05, 0) is 18.1 Å². The third-order valence-electron chi connectivity index (χ3n) is 2.78. The predicted molar refractivity (Wildman–Crippen MR) is 60.9 cm³/mol. The van der Waals surface area contributed by atoms with E-state index in [9.17, 15) is 4.79 Å². The van der Waals surface area contributed by atoms with E-state index in [4.69, 9.17) is 4.74 Å². The van der Waals surface area contributed by atoms with Crippen molar-refractivity contribution in [1.29, 1.82) is 0 Å². The van der Waals surface area contributed by atoms with Crippen molar-refractivity contribution < 1.29 is 9.53 Å². The molecular formula is C11H8BrNO2. The minimum absolute atomic E-state index is 0.279. The van der Waals surface area contributed by atoms with Crippen LogP contribution in [0.3, 0.4) is 0 Å².